The van der Waals surface area contributed by atoms with E-state index in [4.69, 9.17) is 9.47 Å². The third-order valence-electron chi connectivity index (χ3n) is 4.99. The van der Waals surface area contributed by atoms with Crippen LogP contribution in [0.15, 0.2) is 48.5 Å². The maximum atomic E-state index is 12.2. The summed E-state index contributed by atoms with van der Waals surface area (Å²) in [5, 5.41) is 13.5. The molecular weight excluding hydrogens is 386 g/mol. The average molecular weight is 413 g/mol. The number of nitro groups is 1. The van der Waals surface area contributed by atoms with E-state index in [1.54, 1.807) is 12.1 Å². The largest absolute Gasteiger partial charge is 0.490 e. The van der Waals surface area contributed by atoms with Crippen molar-refractivity contribution in [2.45, 2.75) is 32.3 Å². The van der Waals surface area contributed by atoms with E-state index in [1.807, 2.05) is 31.2 Å². The van der Waals surface area contributed by atoms with Crippen molar-refractivity contribution in [3.05, 3.63) is 58.6 Å². The summed E-state index contributed by atoms with van der Waals surface area (Å²) in [5.74, 6) is 1.44. The second kappa shape index (κ2) is 10.6. The molecular formula is C22H27N3O5. The first kappa shape index (κ1) is 21.6. The van der Waals surface area contributed by atoms with E-state index in [0.717, 1.165) is 37.4 Å². The summed E-state index contributed by atoms with van der Waals surface area (Å²) in [7, 11) is 0. The van der Waals surface area contributed by atoms with Crippen molar-refractivity contribution >= 4 is 17.3 Å². The van der Waals surface area contributed by atoms with Gasteiger partial charge in [-0.05, 0) is 44.0 Å². The van der Waals surface area contributed by atoms with E-state index in [1.165, 1.54) is 12.1 Å². The van der Waals surface area contributed by atoms with Gasteiger partial charge in [0.25, 0.3) is 5.69 Å². The zero-order valence-electron chi connectivity index (χ0n) is 17.1. The predicted octanol–water partition coefficient (Wildman–Crippen LogP) is 3.87. The van der Waals surface area contributed by atoms with Gasteiger partial charge in [-0.2, -0.15) is 0 Å². The van der Waals surface area contributed by atoms with Crippen LogP contribution in [0, 0.1) is 10.1 Å². The number of carbonyl (C=O) groups is 1. The highest BCUT2D eigenvalue weighted by molar-refractivity contribution is 5.90. The first-order chi connectivity index (χ1) is 14.5. The molecule has 1 saturated heterocycles. The maximum Gasteiger partial charge on any atom is 0.269 e. The number of nitrogens with zero attached hydrogens (tertiary/aromatic N) is 2. The zero-order chi connectivity index (χ0) is 21.3. The second-order valence-corrected chi connectivity index (χ2v) is 7.14. The van der Waals surface area contributed by atoms with Gasteiger partial charge in [-0.3, -0.25) is 14.9 Å². The van der Waals surface area contributed by atoms with E-state index in [-0.39, 0.29) is 17.7 Å². The number of para-hydroxylation sites is 2. The number of anilines is 1. The van der Waals surface area contributed by atoms with Gasteiger partial charge < -0.3 is 19.7 Å². The minimum atomic E-state index is -0.464. The lowest BCUT2D eigenvalue weighted by molar-refractivity contribution is -0.384. The number of hydrogen-bond acceptors (Lipinski definition) is 6. The smallest absolute Gasteiger partial charge is 0.269 e. The number of hydrogen-bond donors (Lipinski definition) is 1. The Balaban J connectivity index is 1.39. The molecule has 8 nitrogen and oxygen atoms in total. The Morgan fingerprint density at radius 2 is 1.80 bits per heavy atom. The topological polar surface area (TPSA) is 93.9 Å². The lowest BCUT2D eigenvalue weighted by Crippen LogP contribution is -2.39. The summed E-state index contributed by atoms with van der Waals surface area (Å²) in [6.07, 6.45) is 2.29. The van der Waals surface area contributed by atoms with E-state index in [0.29, 0.717) is 25.3 Å². The van der Waals surface area contributed by atoms with Crippen LogP contribution in [0.5, 0.6) is 11.5 Å². The van der Waals surface area contributed by atoms with E-state index in [9.17, 15) is 14.9 Å². The molecule has 1 fully saturated rings. The Kier molecular flexibility index (Phi) is 7.62. The van der Waals surface area contributed by atoms with Gasteiger partial charge in [0.1, 0.15) is 6.10 Å². The van der Waals surface area contributed by atoms with Crippen LogP contribution in [-0.2, 0) is 4.79 Å². The third-order valence-corrected chi connectivity index (χ3v) is 4.99. The molecule has 0 atom stereocenters. The summed E-state index contributed by atoms with van der Waals surface area (Å²) in [5.41, 5.74) is 0.563. The molecule has 2 aromatic carbocycles. The molecule has 1 aliphatic rings. The molecule has 0 saturated carbocycles. The summed E-state index contributed by atoms with van der Waals surface area (Å²) < 4.78 is 11.8. The lowest BCUT2D eigenvalue weighted by Gasteiger charge is -2.32. The molecule has 0 bridgehead atoms. The molecule has 3 rings (SSSR count). The van der Waals surface area contributed by atoms with E-state index in [2.05, 4.69) is 10.2 Å². The van der Waals surface area contributed by atoms with Gasteiger partial charge >= 0.3 is 0 Å². The first-order valence-corrected chi connectivity index (χ1v) is 10.2. The Bertz CT molecular complexity index is 848. The van der Waals surface area contributed by atoms with Gasteiger partial charge in [0.05, 0.1) is 11.5 Å². The van der Waals surface area contributed by atoms with Crippen molar-refractivity contribution in [3.63, 3.8) is 0 Å². The maximum absolute atomic E-state index is 12.2. The summed E-state index contributed by atoms with van der Waals surface area (Å²) in [6.45, 7) is 4.95. The Hall–Kier alpha value is -3.13. The number of nitrogens with one attached hydrogen (secondary N) is 1. The number of non-ortho nitro benzene ring substituents is 1. The summed E-state index contributed by atoms with van der Waals surface area (Å²) >= 11 is 0. The summed E-state index contributed by atoms with van der Waals surface area (Å²) in [6, 6.07) is 13.6. The van der Waals surface area contributed by atoms with E-state index < -0.39 is 4.92 Å². The number of ether oxygens (including phenoxy) is 2. The third kappa shape index (κ3) is 6.18. The highest BCUT2D eigenvalue weighted by atomic mass is 16.6. The molecule has 1 heterocycles. The molecule has 0 aliphatic carbocycles. The predicted molar refractivity (Wildman–Crippen MR) is 114 cm³/mol. The Morgan fingerprint density at radius 3 is 2.43 bits per heavy atom. The van der Waals surface area contributed by atoms with Gasteiger partial charge in [-0.1, -0.05) is 12.1 Å². The van der Waals surface area contributed by atoms with Crippen LogP contribution in [0.3, 0.4) is 0 Å². The number of rotatable bonds is 9. The van der Waals surface area contributed by atoms with Gasteiger partial charge in [0, 0.05) is 43.9 Å². The second-order valence-electron chi connectivity index (χ2n) is 7.14. The van der Waals surface area contributed by atoms with Gasteiger partial charge in [-0.15, -0.1) is 0 Å². The van der Waals surface area contributed by atoms with Gasteiger partial charge in [0.15, 0.2) is 11.5 Å². The molecule has 1 aliphatic heterocycles. The minimum Gasteiger partial charge on any atom is -0.490 e. The molecule has 1 amide bonds. The number of carbonyl (C=O) groups excluding carboxylic acids is 1. The van der Waals surface area contributed by atoms with Crippen molar-refractivity contribution in [2.75, 3.05) is 31.6 Å². The molecule has 0 spiro atoms. The fourth-order valence-corrected chi connectivity index (χ4v) is 3.40. The van der Waals surface area contributed by atoms with Crippen LogP contribution >= 0.6 is 0 Å². The highest BCUT2D eigenvalue weighted by Crippen LogP contribution is 2.29. The highest BCUT2D eigenvalue weighted by Gasteiger charge is 2.22. The van der Waals surface area contributed by atoms with Crippen molar-refractivity contribution in [1.82, 2.24) is 4.90 Å². The van der Waals surface area contributed by atoms with Crippen LogP contribution in [0.1, 0.15) is 26.2 Å². The van der Waals surface area contributed by atoms with E-state index >= 15 is 0 Å². The van der Waals surface area contributed by atoms with Gasteiger partial charge in [0.2, 0.25) is 5.91 Å². The quantitative estimate of drug-likeness (QED) is 0.495. The normalized spacial score (nSPS) is 14.8. The number of piperidine rings is 1. The molecule has 0 aromatic heterocycles. The Morgan fingerprint density at radius 1 is 1.13 bits per heavy atom. The van der Waals surface area contributed by atoms with Crippen molar-refractivity contribution in [2.24, 2.45) is 0 Å². The van der Waals surface area contributed by atoms with Crippen LogP contribution in [0.25, 0.3) is 0 Å². The van der Waals surface area contributed by atoms with Crippen molar-refractivity contribution in [1.29, 1.82) is 0 Å². The first-order valence-electron chi connectivity index (χ1n) is 10.2. The number of likely N-dealkylation sites (tertiary alicyclic amines) is 1. The fraction of sp³-hybridized carbons (Fsp3) is 0.409. The van der Waals surface area contributed by atoms with Gasteiger partial charge in [-0.25, -0.2) is 0 Å². The molecule has 30 heavy (non-hydrogen) atoms. The van der Waals surface area contributed by atoms with Crippen LogP contribution < -0.4 is 14.8 Å². The summed E-state index contributed by atoms with van der Waals surface area (Å²) in [4.78, 5) is 24.6. The lowest BCUT2D eigenvalue weighted by atomic mass is 10.1. The molecule has 1 N–H and O–H groups in total. The van der Waals surface area contributed by atoms with Crippen molar-refractivity contribution < 1.29 is 19.2 Å². The zero-order valence-corrected chi connectivity index (χ0v) is 17.1. The fourth-order valence-electron chi connectivity index (χ4n) is 3.40. The molecule has 8 heteroatoms. The van der Waals surface area contributed by atoms with Crippen LogP contribution in [0.2, 0.25) is 0 Å². The number of benzene rings is 2. The monoisotopic (exact) mass is 413 g/mol. The average Bonchev–Trinajstić information content (AvgIpc) is 2.75. The molecule has 0 radical (unpaired) electrons. The molecule has 160 valence electrons. The molecule has 0 unspecified atom stereocenters. The minimum absolute atomic E-state index is 0.00182. The molecule has 2 aromatic rings. The number of amides is 1. The SMILES string of the molecule is CCOc1ccccc1OC1CCN(CCC(=O)Nc2ccc([N+](=O)[O-])cc2)CC1. The standard InChI is InChI=1S/C22H27N3O5/c1-2-29-20-5-3-4-6-21(20)30-19-11-14-24(15-12-19)16-13-22(26)23-17-7-9-18(10-8-17)25(27)28/h3-10,19H,2,11-16H2,1H3,(H,23,26). The van der Waals surface area contributed by atoms with Crippen molar-refractivity contribution in [3.8, 4) is 11.5 Å². The van der Waals surface area contributed by atoms with Crippen LogP contribution in [-0.4, -0.2) is 48.1 Å². The number of nitro benzene ring substituents is 1. The van der Waals surface area contributed by atoms with Crippen LogP contribution in [0.4, 0.5) is 11.4 Å². The Labute approximate surface area is 175 Å².